The molecule has 0 fully saturated rings. The molecule has 0 spiro atoms. The Morgan fingerprint density at radius 1 is 0.880 bits per heavy atom. The van der Waals surface area contributed by atoms with Crippen molar-refractivity contribution in [1.82, 2.24) is 4.57 Å². The van der Waals surface area contributed by atoms with Crippen LogP contribution in [0.5, 0.6) is 0 Å². The van der Waals surface area contributed by atoms with Crippen molar-refractivity contribution in [2.75, 3.05) is 0 Å². The van der Waals surface area contributed by atoms with Gasteiger partial charge in [-0.2, -0.15) is 0 Å². The van der Waals surface area contributed by atoms with E-state index in [1.54, 1.807) is 12.1 Å². The highest BCUT2D eigenvalue weighted by Gasteiger charge is 2.18. The van der Waals surface area contributed by atoms with E-state index < -0.39 is 0 Å². The topological polar surface area (TPSA) is 48.1 Å². The molecule has 0 saturated carbocycles. The fraction of sp³-hybridized carbons (Fsp3) is 0. The van der Waals surface area contributed by atoms with Gasteiger partial charge in [0.1, 0.15) is 0 Å². The maximum absolute atomic E-state index is 11.5. The number of aromatic nitrogens is 1. The maximum Gasteiger partial charge on any atom is 0.277 e. The van der Waals surface area contributed by atoms with Crippen LogP contribution in [-0.4, -0.2) is 9.49 Å². The highest BCUT2D eigenvalue weighted by atomic mass is 79.9. The number of nitro groups is 1. The first-order valence-electron chi connectivity index (χ1n) is 7.75. The minimum Gasteiger partial charge on any atom is -0.317 e. The largest absolute Gasteiger partial charge is 0.317 e. The fourth-order valence-corrected chi connectivity index (χ4v) is 3.46. The predicted octanol–water partition coefficient (Wildman–Crippen LogP) is 5.97. The normalized spacial score (nSPS) is 10.9. The quantitative estimate of drug-likeness (QED) is 0.318. The number of hydrogen-bond donors (Lipinski definition) is 0. The van der Waals surface area contributed by atoms with Gasteiger partial charge in [-0.3, -0.25) is 10.1 Å². The summed E-state index contributed by atoms with van der Waals surface area (Å²) in [6.45, 7) is 0. The van der Waals surface area contributed by atoms with E-state index in [1.165, 1.54) is 6.07 Å². The number of halogens is 1. The zero-order chi connectivity index (χ0) is 17.4. The predicted molar refractivity (Wildman–Crippen MR) is 103 cm³/mol. The van der Waals surface area contributed by atoms with Crippen LogP contribution in [0, 0.1) is 10.1 Å². The van der Waals surface area contributed by atoms with Crippen molar-refractivity contribution in [3.8, 4) is 16.8 Å². The first-order chi connectivity index (χ1) is 12.1. The van der Waals surface area contributed by atoms with Gasteiger partial charge in [-0.1, -0.05) is 46.3 Å². The minimum atomic E-state index is -0.338. The molecule has 1 heterocycles. The Bertz CT molecular complexity index is 1090. The van der Waals surface area contributed by atoms with Crippen LogP contribution in [0.3, 0.4) is 0 Å². The first kappa shape index (κ1) is 15.6. The van der Waals surface area contributed by atoms with E-state index in [4.69, 9.17) is 0 Å². The molecule has 4 rings (SSSR count). The molecule has 0 aliphatic rings. The van der Waals surface area contributed by atoms with Crippen LogP contribution in [-0.2, 0) is 0 Å². The molecule has 1 aromatic heterocycles. The number of nitrogens with zero attached hydrogens (tertiary/aromatic N) is 2. The molecule has 4 aromatic rings. The Kier molecular flexibility index (Phi) is 3.86. The standard InChI is InChI=1S/C20H13BrN2O2/c21-14-9-10-20(23(24)25)18(13-14)16-7-4-8-19-17(16)11-12-22(19)15-5-2-1-3-6-15/h1-13H. The Morgan fingerprint density at radius 3 is 2.44 bits per heavy atom. The zero-order valence-electron chi connectivity index (χ0n) is 13.1. The number of fused-ring (bicyclic) bond motifs is 1. The highest BCUT2D eigenvalue weighted by molar-refractivity contribution is 9.10. The molecule has 0 saturated heterocycles. The third-order valence-corrected chi connectivity index (χ3v) is 4.71. The number of para-hydroxylation sites is 1. The molecule has 0 N–H and O–H groups in total. The van der Waals surface area contributed by atoms with E-state index in [0.717, 1.165) is 26.6 Å². The molecule has 4 nitrogen and oxygen atoms in total. The summed E-state index contributed by atoms with van der Waals surface area (Å²) in [5.74, 6) is 0. The molecule has 0 amide bonds. The van der Waals surface area contributed by atoms with Crippen molar-refractivity contribution in [3.63, 3.8) is 0 Å². The van der Waals surface area contributed by atoms with E-state index in [-0.39, 0.29) is 10.6 Å². The van der Waals surface area contributed by atoms with Crippen LogP contribution in [0.1, 0.15) is 0 Å². The number of hydrogen-bond acceptors (Lipinski definition) is 2. The van der Waals surface area contributed by atoms with Crippen LogP contribution in [0.2, 0.25) is 0 Å². The lowest BCUT2D eigenvalue weighted by Gasteiger charge is -2.08. The van der Waals surface area contributed by atoms with E-state index >= 15 is 0 Å². The summed E-state index contributed by atoms with van der Waals surface area (Å²) >= 11 is 3.42. The molecule has 5 heteroatoms. The van der Waals surface area contributed by atoms with Crippen molar-refractivity contribution >= 4 is 32.5 Å². The molecule has 0 bridgehead atoms. The summed E-state index contributed by atoms with van der Waals surface area (Å²) in [5.41, 5.74) is 3.62. The lowest BCUT2D eigenvalue weighted by Crippen LogP contribution is -1.93. The van der Waals surface area contributed by atoms with Gasteiger partial charge in [0.15, 0.2) is 0 Å². The average molecular weight is 393 g/mol. The maximum atomic E-state index is 11.5. The Hall–Kier alpha value is -2.92. The molecule has 0 atom stereocenters. The molecule has 0 aliphatic heterocycles. The smallest absolute Gasteiger partial charge is 0.277 e. The number of benzene rings is 3. The Morgan fingerprint density at radius 2 is 1.68 bits per heavy atom. The molecular formula is C20H13BrN2O2. The summed E-state index contributed by atoms with van der Waals surface area (Å²) in [5, 5.41) is 12.4. The summed E-state index contributed by atoms with van der Waals surface area (Å²) in [7, 11) is 0. The van der Waals surface area contributed by atoms with E-state index in [2.05, 4.69) is 20.5 Å². The zero-order valence-corrected chi connectivity index (χ0v) is 14.7. The van der Waals surface area contributed by atoms with Crippen molar-refractivity contribution in [3.05, 3.63) is 93.6 Å². The van der Waals surface area contributed by atoms with Gasteiger partial charge in [-0.25, -0.2) is 0 Å². The molecular weight excluding hydrogens is 380 g/mol. The third kappa shape index (κ3) is 2.72. The molecule has 0 radical (unpaired) electrons. The van der Waals surface area contributed by atoms with Gasteiger partial charge in [0.2, 0.25) is 0 Å². The van der Waals surface area contributed by atoms with Crippen molar-refractivity contribution in [2.45, 2.75) is 0 Å². The van der Waals surface area contributed by atoms with E-state index in [9.17, 15) is 10.1 Å². The molecule has 25 heavy (non-hydrogen) atoms. The van der Waals surface area contributed by atoms with Crippen LogP contribution < -0.4 is 0 Å². The lowest BCUT2D eigenvalue weighted by atomic mass is 10.00. The van der Waals surface area contributed by atoms with Crippen molar-refractivity contribution < 1.29 is 4.92 Å². The molecule has 0 unspecified atom stereocenters. The molecule has 0 aliphatic carbocycles. The van der Waals surface area contributed by atoms with Crippen LogP contribution in [0.4, 0.5) is 5.69 Å². The summed E-state index contributed by atoms with van der Waals surface area (Å²) in [6.07, 6.45) is 1.99. The van der Waals surface area contributed by atoms with Gasteiger partial charge in [0.25, 0.3) is 5.69 Å². The minimum absolute atomic E-state index is 0.100. The lowest BCUT2D eigenvalue weighted by molar-refractivity contribution is -0.384. The van der Waals surface area contributed by atoms with Crippen LogP contribution >= 0.6 is 15.9 Å². The Labute approximate surface area is 152 Å². The van der Waals surface area contributed by atoms with Crippen LogP contribution in [0.25, 0.3) is 27.7 Å². The summed E-state index contributed by atoms with van der Waals surface area (Å²) in [6, 6.07) is 22.9. The van der Waals surface area contributed by atoms with Gasteiger partial charge in [0.05, 0.1) is 16.0 Å². The van der Waals surface area contributed by atoms with Gasteiger partial charge in [-0.15, -0.1) is 0 Å². The van der Waals surface area contributed by atoms with Gasteiger partial charge in [-0.05, 0) is 42.0 Å². The van der Waals surface area contributed by atoms with E-state index in [1.807, 2.05) is 60.8 Å². The second-order valence-electron chi connectivity index (χ2n) is 5.68. The monoisotopic (exact) mass is 392 g/mol. The van der Waals surface area contributed by atoms with Gasteiger partial charge < -0.3 is 4.57 Å². The number of nitro benzene ring substituents is 1. The number of rotatable bonds is 3. The Balaban J connectivity index is 1.98. The first-order valence-corrected chi connectivity index (χ1v) is 8.54. The average Bonchev–Trinajstić information content (AvgIpc) is 3.06. The molecule has 3 aromatic carbocycles. The van der Waals surface area contributed by atoms with Gasteiger partial charge in [0, 0.05) is 27.8 Å². The van der Waals surface area contributed by atoms with Crippen molar-refractivity contribution in [2.24, 2.45) is 0 Å². The second kappa shape index (κ2) is 6.18. The van der Waals surface area contributed by atoms with E-state index in [0.29, 0.717) is 5.56 Å². The second-order valence-corrected chi connectivity index (χ2v) is 6.59. The van der Waals surface area contributed by atoms with Crippen LogP contribution in [0.15, 0.2) is 83.5 Å². The fourth-order valence-electron chi connectivity index (χ4n) is 3.10. The van der Waals surface area contributed by atoms with Crippen molar-refractivity contribution in [1.29, 1.82) is 0 Å². The SMILES string of the molecule is O=[N+]([O-])c1ccc(Br)cc1-c1cccc2c1ccn2-c1ccccc1. The highest BCUT2D eigenvalue weighted by Crippen LogP contribution is 2.37. The third-order valence-electron chi connectivity index (χ3n) is 4.21. The summed E-state index contributed by atoms with van der Waals surface area (Å²) in [4.78, 5) is 11.1. The molecule has 122 valence electrons. The van der Waals surface area contributed by atoms with Gasteiger partial charge >= 0.3 is 0 Å². The summed E-state index contributed by atoms with van der Waals surface area (Å²) < 4.78 is 2.90.